The van der Waals surface area contributed by atoms with Gasteiger partial charge in [-0.1, -0.05) is 20.8 Å². The van der Waals surface area contributed by atoms with E-state index in [-0.39, 0.29) is 5.04 Å². The molecule has 35 heavy (non-hydrogen) atoms. The summed E-state index contributed by atoms with van der Waals surface area (Å²) in [6.45, 7) is 12.1. The van der Waals surface area contributed by atoms with Crippen LogP contribution in [-0.4, -0.2) is 50.8 Å². The minimum absolute atomic E-state index is 0.109. The monoisotopic (exact) mass is 495 g/mol. The molecule has 5 N–H and O–H groups in total. The van der Waals surface area contributed by atoms with Crippen LogP contribution in [0.5, 0.6) is 5.75 Å². The number of nitrogens with one attached hydrogen (secondary N) is 2. The van der Waals surface area contributed by atoms with E-state index in [1.54, 1.807) is 4.68 Å². The Bertz CT molecular complexity index is 1370. The number of hydrogen-bond acceptors (Lipinski definition) is 6. The van der Waals surface area contributed by atoms with E-state index in [1.165, 1.54) is 6.33 Å². The van der Waals surface area contributed by atoms with Crippen LogP contribution in [0.25, 0.3) is 33.3 Å². The lowest BCUT2D eigenvalue weighted by Crippen LogP contribution is -2.43. The van der Waals surface area contributed by atoms with E-state index in [0.29, 0.717) is 42.1 Å². The van der Waals surface area contributed by atoms with Crippen LogP contribution in [-0.2, 0) is 6.54 Å². The van der Waals surface area contributed by atoms with E-state index < -0.39 is 14.4 Å². The quantitative estimate of drug-likeness (QED) is 0.199. The molecular formula is C24H33N7O3Si. The molecule has 0 bridgehead atoms. The Morgan fingerprint density at radius 2 is 2.00 bits per heavy atom. The van der Waals surface area contributed by atoms with Gasteiger partial charge < -0.3 is 25.6 Å². The molecule has 0 saturated heterocycles. The number of carboxylic acid groups (broad SMARTS) is 1. The average Bonchev–Trinajstić information content (AvgIpc) is 3.34. The highest BCUT2D eigenvalue weighted by atomic mass is 28.4. The molecule has 186 valence electrons. The third-order valence-electron chi connectivity index (χ3n) is 6.66. The molecule has 4 aromatic rings. The third-order valence-corrected chi connectivity index (χ3v) is 11.0. The van der Waals surface area contributed by atoms with Gasteiger partial charge in [-0.15, -0.1) is 0 Å². The standard InChI is InChI=1S/C24H33N7O3Si/c1-24(2,3)35(4,5)34-16-8-9-17-15(12-16)13-18(29-17)20-19-21(25)27-14-28-22(19)31(30-20)11-7-6-10-26-23(32)33/h8-9,12-14,26,29H,6-7,10-11H2,1-5H3,(H,32,33)(H2,25,27,28). The van der Waals surface area contributed by atoms with Crippen molar-refractivity contribution in [3.8, 4) is 17.1 Å². The predicted molar refractivity (Wildman–Crippen MR) is 140 cm³/mol. The average molecular weight is 496 g/mol. The minimum Gasteiger partial charge on any atom is -0.543 e. The fourth-order valence-corrected chi connectivity index (χ4v) is 4.73. The molecule has 0 atom stereocenters. The van der Waals surface area contributed by atoms with Gasteiger partial charge in [0.15, 0.2) is 5.65 Å². The van der Waals surface area contributed by atoms with Gasteiger partial charge in [-0.05, 0) is 55.2 Å². The lowest BCUT2D eigenvalue weighted by atomic mass is 10.2. The molecule has 0 aliphatic rings. The first-order chi connectivity index (χ1) is 16.5. The van der Waals surface area contributed by atoms with Gasteiger partial charge in [0.2, 0.25) is 8.32 Å². The summed E-state index contributed by atoms with van der Waals surface area (Å²) in [4.78, 5) is 22.7. The highest BCUT2D eigenvalue weighted by Gasteiger charge is 2.39. The number of carbonyl (C=O) groups is 1. The van der Waals surface area contributed by atoms with Crippen LogP contribution in [0, 0.1) is 0 Å². The van der Waals surface area contributed by atoms with Crippen LogP contribution >= 0.6 is 0 Å². The summed E-state index contributed by atoms with van der Waals surface area (Å²) in [5.41, 5.74) is 9.37. The molecule has 4 rings (SSSR count). The van der Waals surface area contributed by atoms with Crippen LogP contribution in [0.4, 0.5) is 10.6 Å². The summed E-state index contributed by atoms with van der Waals surface area (Å²) in [7, 11) is -1.95. The molecule has 3 aromatic heterocycles. The molecular weight excluding hydrogens is 462 g/mol. The third kappa shape index (κ3) is 5.09. The van der Waals surface area contributed by atoms with Crippen LogP contribution in [0.1, 0.15) is 33.6 Å². The van der Waals surface area contributed by atoms with Gasteiger partial charge in [0.1, 0.15) is 23.6 Å². The van der Waals surface area contributed by atoms with Crippen molar-refractivity contribution in [1.29, 1.82) is 0 Å². The van der Waals surface area contributed by atoms with E-state index in [1.807, 2.05) is 18.2 Å². The van der Waals surface area contributed by atoms with Crippen LogP contribution < -0.4 is 15.5 Å². The van der Waals surface area contributed by atoms with Crippen LogP contribution in [0.3, 0.4) is 0 Å². The number of amides is 1. The summed E-state index contributed by atoms with van der Waals surface area (Å²) in [6.07, 6.45) is 1.84. The molecule has 11 heteroatoms. The zero-order valence-electron chi connectivity index (χ0n) is 20.8. The van der Waals surface area contributed by atoms with Crippen molar-refractivity contribution < 1.29 is 14.3 Å². The molecule has 10 nitrogen and oxygen atoms in total. The lowest BCUT2D eigenvalue weighted by Gasteiger charge is -2.36. The summed E-state index contributed by atoms with van der Waals surface area (Å²) >= 11 is 0. The van der Waals surface area contributed by atoms with Gasteiger partial charge in [-0.25, -0.2) is 19.4 Å². The number of fused-ring (bicyclic) bond motifs is 2. The number of benzene rings is 1. The van der Waals surface area contributed by atoms with E-state index >= 15 is 0 Å². The van der Waals surface area contributed by atoms with Crippen molar-refractivity contribution >= 4 is 42.2 Å². The number of aromatic nitrogens is 5. The Hall–Kier alpha value is -3.60. The first-order valence-electron chi connectivity index (χ1n) is 11.7. The number of hydrogen-bond donors (Lipinski definition) is 4. The summed E-state index contributed by atoms with van der Waals surface area (Å²) in [5, 5.41) is 17.7. The summed E-state index contributed by atoms with van der Waals surface area (Å²) in [6, 6.07) is 8.13. The molecule has 0 radical (unpaired) electrons. The van der Waals surface area contributed by atoms with Gasteiger partial charge in [-0.2, -0.15) is 5.10 Å². The highest BCUT2D eigenvalue weighted by molar-refractivity contribution is 6.74. The Balaban J connectivity index is 1.65. The first kappa shape index (κ1) is 24.5. The second kappa shape index (κ2) is 9.21. The second-order valence-electron chi connectivity index (χ2n) is 10.3. The normalized spacial score (nSPS) is 12.4. The number of aromatic amines is 1. The molecule has 0 unspecified atom stereocenters. The van der Waals surface area contributed by atoms with Crippen molar-refractivity contribution in [2.45, 2.75) is 58.3 Å². The molecule has 1 amide bonds. The zero-order chi connectivity index (χ0) is 25.4. The van der Waals surface area contributed by atoms with E-state index in [0.717, 1.165) is 28.8 Å². The molecule has 1 aromatic carbocycles. The topological polar surface area (TPSA) is 144 Å². The molecule has 0 aliphatic heterocycles. The molecule has 0 saturated carbocycles. The fourth-order valence-electron chi connectivity index (χ4n) is 3.71. The van der Waals surface area contributed by atoms with Crippen molar-refractivity contribution in [2.75, 3.05) is 12.3 Å². The van der Waals surface area contributed by atoms with Gasteiger partial charge in [-0.3, -0.25) is 0 Å². The van der Waals surface area contributed by atoms with E-state index in [4.69, 9.17) is 20.4 Å². The number of nitrogen functional groups attached to an aromatic ring is 1. The number of unbranched alkanes of at least 4 members (excludes halogenated alkanes) is 1. The van der Waals surface area contributed by atoms with Crippen LogP contribution in [0.2, 0.25) is 18.1 Å². The van der Waals surface area contributed by atoms with E-state index in [9.17, 15) is 4.79 Å². The van der Waals surface area contributed by atoms with Gasteiger partial charge in [0.25, 0.3) is 0 Å². The fraction of sp³-hybridized carbons (Fsp3) is 0.417. The van der Waals surface area contributed by atoms with Gasteiger partial charge in [0.05, 0.1) is 11.1 Å². The second-order valence-corrected chi connectivity index (χ2v) is 15.0. The number of rotatable bonds is 8. The SMILES string of the molecule is CC(C)(C)[Si](C)(C)Oc1ccc2[nH]c(-c3nn(CCCCNC(=O)O)c4ncnc(N)c34)cc2c1. The zero-order valence-corrected chi connectivity index (χ0v) is 21.8. The predicted octanol–water partition coefficient (Wildman–Crippen LogP) is 4.99. The molecule has 0 aliphatic carbocycles. The summed E-state index contributed by atoms with van der Waals surface area (Å²) < 4.78 is 8.29. The Kier molecular flexibility index (Phi) is 6.45. The van der Waals surface area contributed by atoms with Gasteiger partial charge in [0, 0.05) is 24.0 Å². The number of H-pyrrole nitrogens is 1. The molecule has 0 fully saturated rings. The lowest BCUT2D eigenvalue weighted by molar-refractivity contribution is 0.194. The Labute approximate surface area is 205 Å². The number of nitrogens with two attached hydrogens (primary N) is 1. The molecule has 0 spiro atoms. The van der Waals surface area contributed by atoms with Crippen LogP contribution in [0.15, 0.2) is 30.6 Å². The maximum Gasteiger partial charge on any atom is 0.404 e. The van der Waals surface area contributed by atoms with Crippen molar-refractivity contribution in [1.82, 2.24) is 30.0 Å². The number of aryl methyl sites for hydroxylation is 1. The first-order valence-corrected chi connectivity index (χ1v) is 14.6. The summed E-state index contributed by atoms with van der Waals surface area (Å²) in [5.74, 6) is 1.23. The van der Waals surface area contributed by atoms with Crippen molar-refractivity contribution in [3.05, 3.63) is 30.6 Å². The van der Waals surface area contributed by atoms with Crippen molar-refractivity contribution in [3.63, 3.8) is 0 Å². The minimum atomic E-state index is -1.95. The van der Waals surface area contributed by atoms with Gasteiger partial charge >= 0.3 is 6.09 Å². The maximum atomic E-state index is 10.6. The van der Waals surface area contributed by atoms with Crippen molar-refractivity contribution in [2.24, 2.45) is 0 Å². The van der Waals surface area contributed by atoms with E-state index in [2.05, 4.69) is 60.2 Å². The molecule has 3 heterocycles. The largest absolute Gasteiger partial charge is 0.543 e. The smallest absolute Gasteiger partial charge is 0.404 e. The highest BCUT2D eigenvalue weighted by Crippen LogP contribution is 2.38. The maximum absolute atomic E-state index is 10.6. The number of anilines is 1. The Morgan fingerprint density at radius 3 is 2.71 bits per heavy atom. The number of nitrogens with zero attached hydrogens (tertiary/aromatic N) is 4. The Morgan fingerprint density at radius 1 is 1.23 bits per heavy atom.